The molecule has 158 valence electrons. The lowest BCUT2D eigenvalue weighted by Gasteiger charge is -2.29. The standard InChI is InChI=1S/C23H25BrN2O4/c1-4-25(15(2)16-7-5-8-18(13-16)30-3)21(27)9-6-12-26-22(28)19-11-10-17(24)14-20(19)23(26)29/h5,7-8,10-11,13-15H,4,6,9,12H2,1-3H3/t15-/m1/s1. The first-order valence-corrected chi connectivity index (χ1v) is 10.8. The van der Waals surface area contributed by atoms with Crippen molar-refractivity contribution in [1.29, 1.82) is 0 Å². The molecule has 0 saturated carbocycles. The molecule has 0 bridgehead atoms. The summed E-state index contributed by atoms with van der Waals surface area (Å²) in [5.74, 6) is 0.139. The number of hydrogen-bond acceptors (Lipinski definition) is 4. The molecular formula is C23H25BrN2O4. The number of rotatable bonds is 8. The number of benzene rings is 2. The van der Waals surface area contributed by atoms with E-state index in [-0.39, 0.29) is 36.7 Å². The molecule has 0 unspecified atom stereocenters. The van der Waals surface area contributed by atoms with E-state index in [0.29, 0.717) is 24.1 Å². The molecule has 0 saturated heterocycles. The highest BCUT2D eigenvalue weighted by Gasteiger charge is 2.35. The Hall–Kier alpha value is -2.67. The molecule has 0 N–H and O–H groups in total. The number of ether oxygens (including phenoxy) is 1. The van der Waals surface area contributed by atoms with E-state index < -0.39 is 0 Å². The van der Waals surface area contributed by atoms with Crippen LogP contribution < -0.4 is 4.74 Å². The van der Waals surface area contributed by atoms with Crippen molar-refractivity contribution in [3.63, 3.8) is 0 Å². The molecule has 1 aliphatic rings. The lowest BCUT2D eigenvalue weighted by molar-refractivity contribution is -0.133. The first-order valence-electron chi connectivity index (χ1n) is 9.96. The first kappa shape index (κ1) is 22.0. The number of halogens is 1. The fourth-order valence-electron chi connectivity index (χ4n) is 3.75. The molecule has 2 aromatic carbocycles. The molecule has 0 fully saturated rings. The van der Waals surface area contributed by atoms with Gasteiger partial charge in [0.15, 0.2) is 0 Å². The molecule has 0 aliphatic carbocycles. The lowest BCUT2D eigenvalue weighted by atomic mass is 10.1. The van der Waals surface area contributed by atoms with Gasteiger partial charge in [0.05, 0.1) is 24.3 Å². The van der Waals surface area contributed by atoms with Crippen LogP contribution in [0.4, 0.5) is 0 Å². The molecule has 1 aliphatic heterocycles. The third kappa shape index (κ3) is 4.41. The van der Waals surface area contributed by atoms with Gasteiger partial charge >= 0.3 is 0 Å². The number of hydrogen-bond donors (Lipinski definition) is 0. The molecule has 2 aromatic rings. The van der Waals surface area contributed by atoms with Crippen LogP contribution in [-0.4, -0.2) is 47.7 Å². The van der Waals surface area contributed by atoms with Crippen molar-refractivity contribution < 1.29 is 19.1 Å². The fourth-order valence-corrected chi connectivity index (χ4v) is 4.11. The summed E-state index contributed by atoms with van der Waals surface area (Å²) in [6, 6.07) is 12.6. The zero-order valence-electron chi connectivity index (χ0n) is 17.4. The second-order valence-electron chi connectivity index (χ2n) is 7.19. The van der Waals surface area contributed by atoms with Crippen molar-refractivity contribution in [2.75, 3.05) is 20.2 Å². The lowest BCUT2D eigenvalue weighted by Crippen LogP contribution is -2.35. The predicted octanol–water partition coefficient (Wildman–Crippen LogP) is 4.44. The summed E-state index contributed by atoms with van der Waals surface area (Å²) < 4.78 is 6.03. The van der Waals surface area contributed by atoms with Crippen molar-refractivity contribution in [1.82, 2.24) is 9.80 Å². The fraction of sp³-hybridized carbons (Fsp3) is 0.348. The quantitative estimate of drug-likeness (QED) is 0.532. The van der Waals surface area contributed by atoms with Crippen LogP contribution in [0.5, 0.6) is 5.75 Å². The monoisotopic (exact) mass is 472 g/mol. The molecule has 3 rings (SSSR count). The Labute approximate surface area is 184 Å². The molecule has 0 radical (unpaired) electrons. The largest absolute Gasteiger partial charge is 0.497 e. The van der Waals surface area contributed by atoms with Gasteiger partial charge in [-0.3, -0.25) is 19.3 Å². The van der Waals surface area contributed by atoms with E-state index in [1.807, 2.05) is 38.1 Å². The SMILES string of the molecule is CCN(C(=O)CCCN1C(=O)c2ccc(Br)cc2C1=O)[C@H](C)c1cccc(OC)c1. The van der Waals surface area contributed by atoms with Crippen molar-refractivity contribution >= 4 is 33.7 Å². The maximum Gasteiger partial charge on any atom is 0.261 e. The molecule has 1 heterocycles. The van der Waals surface area contributed by atoms with Gasteiger partial charge in [0, 0.05) is 24.0 Å². The van der Waals surface area contributed by atoms with Gasteiger partial charge in [-0.1, -0.05) is 28.1 Å². The highest BCUT2D eigenvalue weighted by Crippen LogP contribution is 2.27. The summed E-state index contributed by atoms with van der Waals surface area (Å²) in [7, 11) is 1.62. The highest BCUT2D eigenvalue weighted by molar-refractivity contribution is 9.10. The molecule has 3 amide bonds. The zero-order valence-corrected chi connectivity index (χ0v) is 18.9. The Kier molecular flexibility index (Phi) is 6.92. The van der Waals surface area contributed by atoms with Gasteiger partial charge < -0.3 is 9.64 Å². The van der Waals surface area contributed by atoms with E-state index in [1.165, 1.54) is 4.90 Å². The van der Waals surface area contributed by atoms with Crippen LogP contribution in [0.2, 0.25) is 0 Å². The van der Waals surface area contributed by atoms with Crippen LogP contribution in [0.15, 0.2) is 46.9 Å². The molecule has 1 atom stereocenters. The highest BCUT2D eigenvalue weighted by atomic mass is 79.9. The minimum absolute atomic E-state index is 0.00725. The third-order valence-corrected chi connectivity index (χ3v) is 5.90. The first-order chi connectivity index (χ1) is 14.4. The van der Waals surface area contributed by atoms with Gasteiger partial charge in [-0.25, -0.2) is 0 Å². The molecule has 6 nitrogen and oxygen atoms in total. The minimum atomic E-state index is -0.305. The third-order valence-electron chi connectivity index (χ3n) is 5.41. The second-order valence-corrected chi connectivity index (χ2v) is 8.10. The van der Waals surface area contributed by atoms with Crippen molar-refractivity contribution in [2.24, 2.45) is 0 Å². The summed E-state index contributed by atoms with van der Waals surface area (Å²) in [6.45, 7) is 4.72. The summed E-state index contributed by atoms with van der Waals surface area (Å²) in [4.78, 5) is 40.9. The smallest absolute Gasteiger partial charge is 0.261 e. The van der Waals surface area contributed by atoms with Crippen LogP contribution in [0, 0.1) is 0 Å². The number of methoxy groups -OCH3 is 1. The van der Waals surface area contributed by atoms with Crippen LogP contribution in [0.3, 0.4) is 0 Å². The molecule has 0 aromatic heterocycles. The van der Waals surface area contributed by atoms with Crippen molar-refractivity contribution in [3.05, 3.63) is 63.6 Å². The summed E-state index contributed by atoms with van der Waals surface area (Å²) in [5, 5.41) is 0. The van der Waals surface area contributed by atoms with Gasteiger partial charge in [-0.15, -0.1) is 0 Å². The Morgan fingerprint density at radius 2 is 1.87 bits per heavy atom. The van der Waals surface area contributed by atoms with Crippen molar-refractivity contribution in [3.8, 4) is 5.75 Å². The van der Waals surface area contributed by atoms with Gasteiger partial charge in [-0.2, -0.15) is 0 Å². The molecule has 7 heteroatoms. The Balaban J connectivity index is 1.60. The molecule has 0 spiro atoms. The minimum Gasteiger partial charge on any atom is -0.497 e. The number of amides is 3. The summed E-state index contributed by atoms with van der Waals surface area (Å²) >= 11 is 3.33. The van der Waals surface area contributed by atoms with E-state index in [0.717, 1.165) is 15.8 Å². The van der Waals surface area contributed by atoms with Crippen LogP contribution in [0.25, 0.3) is 0 Å². The van der Waals surface area contributed by atoms with E-state index >= 15 is 0 Å². The maximum absolute atomic E-state index is 12.8. The van der Waals surface area contributed by atoms with E-state index in [1.54, 1.807) is 30.2 Å². The predicted molar refractivity (Wildman–Crippen MR) is 118 cm³/mol. The average Bonchev–Trinajstić information content (AvgIpc) is 2.98. The van der Waals surface area contributed by atoms with Gasteiger partial charge in [0.1, 0.15) is 5.75 Å². The normalized spacial score (nSPS) is 13.9. The van der Waals surface area contributed by atoms with Gasteiger partial charge in [0.25, 0.3) is 11.8 Å². The number of imide groups is 1. The van der Waals surface area contributed by atoms with Crippen molar-refractivity contribution in [2.45, 2.75) is 32.7 Å². The van der Waals surface area contributed by atoms with E-state index in [4.69, 9.17) is 4.74 Å². The topological polar surface area (TPSA) is 66.9 Å². The molecule has 30 heavy (non-hydrogen) atoms. The van der Waals surface area contributed by atoms with Crippen LogP contribution in [0.1, 0.15) is 59.0 Å². The Bertz CT molecular complexity index is 975. The van der Waals surface area contributed by atoms with Crippen LogP contribution in [-0.2, 0) is 4.79 Å². The number of carbonyl (C=O) groups excluding carboxylic acids is 3. The summed E-state index contributed by atoms with van der Waals surface area (Å²) in [6.07, 6.45) is 0.687. The van der Waals surface area contributed by atoms with Gasteiger partial charge in [-0.05, 0) is 56.2 Å². The van der Waals surface area contributed by atoms with E-state index in [9.17, 15) is 14.4 Å². The zero-order chi connectivity index (χ0) is 21.8. The van der Waals surface area contributed by atoms with Gasteiger partial charge in [0.2, 0.25) is 5.91 Å². The number of carbonyl (C=O) groups is 3. The van der Waals surface area contributed by atoms with E-state index in [2.05, 4.69) is 15.9 Å². The number of fused-ring (bicyclic) bond motifs is 1. The average molecular weight is 473 g/mol. The molecular weight excluding hydrogens is 448 g/mol. The second kappa shape index (κ2) is 9.43. The maximum atomic E-state index is 12.8. The summed E-state index contributed by atoms with van der Waals surface area (Å²) in [5.41, 5.74) is 1.81. The Morgan fingerprint density at radius 3 is 2.57 bits per heavy atom. The number of nitrogens with zero attached hydrogens (tertiary/aromatic N) is 2. The Morgan fingerprint density at radius 1 is 1.13 bits per heavy atom. The van der Waals surface area contributed by atoms with Crippen LogP contribution >= 0.6 is 15.9 Å².